The van der Waals surface area contributed by atoms with E-state index in [-0.39, 0.29) is 18.5 Å². The van der Waals surface area contributed by atoms with Gasteiger partial charge in [-0.25, -0.2) is 4.79 Å². The van der Waals surface area contributed by atoms with Gasteiger partial charge in [0.1, 0.15) is 6.61 Å². The van der Waals surface area contributed by atoms with Crippen LogP contribution in [-0.4, -0.2) is 48.7 Å². The van der Waals surface area contributed by atoms with E-state index in [2.05, 4.69) is 13.0 Å². The number of aryl methyl sites for hydroxylation is 1. The Morgan fingerprint density at radius 1 is 1.07 bits per heavy atom. The largest absolute Gasteiger partial charge is 0.458 e. The van der Waals surface area contributed by atoms with Gasteiger partial charge in [-0.15, -0.1) is 0 Å². The molecule has 0 saturated carbocycles. The Hall–Kier alpha value is -2.92. The highest BCUT2D eigenvalue weighted by molar-refractivity contribution is 6.18. The van der Waals surface area contributed by atoms with Crippen molar-refractivity contribution in [1.82, 2.24) is 4.90 Å². The van der Waals surface area contributed by atoms with Crippen LogP contribution in [0.4, 0.5) is 0 Å². The van der Waals surface area contributed by atoms with E-state index in [1.54, 1.807) is 13.1 Å². The summed E-state index contributed by atoms with van der Waals surface area (Å²) in [6.07, 6.45) is 3.33. The minimum absolute atomic E-state index is 0.0567. The predicted molar refractivity (Wildman–Crippen MR) is 119 cm³/mol. The van der Waals surface area contributed by atoms with Crippen LogP contribution in [0.1, 0.15) is 53.4 Å². The third-order valence-electron chi connectivity index (χ3n) is 4.88. The zero-order chi connectivity index (χ0) is 22.1. The number of aliphatic hydroxyl groups excluding tert-OH is 1. The first kappa shape index (κ1) is 23.4. The van der Waals surface area contributed by atoms with E-state index in [1.165, 1.54) is 4.90 Å². The number of ether oxygens (including phenoxy) is 1. The SMILES string of the molecule is CC.CCc1cc(Cc2ccc(C3=CCOC3=O)cc2)cc(C(=O)N(C)CCO)c1. The number of hydrogen-bond donors (Lipinski definition) is 1. The molecule has 1 N–H and O–H groups in total. The molecule has 0 fully saturated rings. The van der Waals surface area contributed by atoms with E-state index in [1.807, 2.05) is 50.2 Å². The Balaban J connectivity index is 0.00000155. The fourth-order valence-corrected chi connectivity index (χ4v) is 3.30. The molecule has 1 amide bonds. The van der Waals surface area contributed by atoms with Gasteiger partial charge in [-0.2, -0.15) is 0 Å². The molecule has 0 aromatic heterocycles. The van der Waals surface area contributed by atoms with Gasteiger partial charge in [-0.05, 0) is 53.3 Å². The van der Waals surface area contributed by atoms with Gasteiger partial charge in [0.05, 0.1) is 12.2 Å². The maximum Gasteiger partial charge on any atom is 0.338 e. The van der Waals surface area contributed by atoms with Gasteiger partial charge in [0.2, 0.25) is 0 Å². The number of nitrogens with zero attached hydrogens (tertiary/aromatic N) is 1. The van der Waals surface area contributed by atoms with Crippen molar-refractivity contribution in [2.24, 2.45) is 0 Å². The van der Waals surface area contributed by atoms with Crippen LogP contribution in [0.2, 0.25) is 0 Å². The molecule has 0 unspecified atom stereocenters. The first-order valence-electron chi connectivity index (χ1n) is 10.5. The predicted octanol–water partition coefficient (Wildman–Crippen LogP) is 3.87. The zero-order valence-electron chi connectivity index (χ0n) is 18.3. The van der Waals surface area contributed by atoms with E-state index in [4.69, 9.17) is 9.84 Å². The Morgan fingerprint density at radius 2 is 1.73 bits per heavy atom. The lowest BCUT2D eigenvalue weighted by Crippen LogP contribution is -2.29. The first-order valence-corrected chi connectivity index (χ1v) is 10.5. The maximum absolute atomic E-state index is 12.6. The summed E-state index contributed by atoms with van der Waals surface area (Å²) in [6, 6.07) is 13.8. The minimum atomic E-state index is -0.279. The van der Waals surface area contributed by atoms with Crippen LogP contribution in [0.25, 0.3) is 5.57 Å². The summed E-state index contributed by atoms with van der Waals surface area (Å²) in [5.74, 6) is -0.369. The second-order valence-electron chi connectivity index (χ2n) is 6.93. The molecule has 5 nitrogen and oxygen atoms in total. The van der Waals surface area contributed by atoms with Crippen LogP contribution in [0, 0.1) is 0 Å². The van der Waals surface area contributed by atoms with Gasteiger partial charge in [0.25, 0.3) is 5.91 Å². The number of carbonyl (C=O) groups excluding carboxylic acids is 2. The fraction of sp³-hybridized carbons (Fsp3) is 0.360. The molecule has 0 aliphatic carbocycles. The molecular formula is C25H31NO4. The number of carbonyl (C=O) groups is 2. The molecule has 1 aliphatic rings. The molecule has 160 valence electrons. The molecule has 0 spiro atoms. The molecule has 2 aromatic rings. The highest BCUT2D eigenvalue weighted by atomic mass is 16.5. The number of esters is 1. The van der Waals surface area contributed by atoms with Gasteiger partial charge in [0, 0.05) is 19.2 Å². The molecule has 0 bridgehead atoms. The number of hydrogen-bond acceptors (Lipinski definition) is 4. The lowest BCUT2D eigenvalue weighted by atomic mass is 9.97. The Kier molecular flexibility index (Phi) is 8.81. The van der Waals surface area contributed by atoms with E-state index >= 15 is 0 Å². The second kappa shape index (κ2) is 11.3. The molecule has 0 atom stereocenters. The van der Waals surface area contributed by atoms with Crippen molar-refractivity contribution in [3.8, 4) is 0 Å². The summed E-state index contributed by atoms with van der Waals surface area (Å²) >= 11 is 0. The smallest absolute Gasteiger partial charge is 0.338 e. The average Bonchev–Trinajstić information content (AvgIpc) is 3.21. The summed E-state index contributed by atoms with van der Waals surface area (Å²) in [7, 11) is 1.69. The van der Waals surface area contributed by atoms with Crippen LogP contribution in [0.5, 0.6) is 0 Å². The van der Waals surface area contributed by atoms with Gasteiger partial charge in [-0.1, -0.05) is 51.1 Å². The van der Waals surface area contributed by atoms with Crippen LogP contribution >= 0.6 is 0 Å². The third kappa shape index (κ3) is 5.80. The van der Waals surface area contributed by atoms with Crippen molar-refractivity contribution in [3.63, 3.8) is 0 Å². The Bertz CT molecular complexity index is 900. The van der Waals surface area contributed by atoms with Crippen LogP contribution < -0.4 is 0 Å². The molecule has 1 heterocycles. The van der Waals surface area contributed by atoms with Crippen molar-refractivity contribution < 1.29 is 19.4 Å². The molecule has 1 aliphatic heterocycles. The number of rotatable bonds is 7. The number of cyclic esters (lactones) is 1. The molecular weight excluding hydrogens is 378 g/mol. The first-order chi connectivity index (χ1) is 14.5. The highest BCUT2D eigenvalue weighted by Crippen LogP contribution is 2.22. The molecule has 2 aromatic carbocycles. The zero-order valence-corrected chi connectivity index (χ0v) is 18.3. The number of aliphatic hydroxyl groups is 1. The number of amides is 1. The maximum atomic E-state index is 12.6. The van der Waals surface area contributed by atoms with Crippen molar-refractivity contribution >= 4 is 17.4 Å². The van der Waals surface area contributed by atoms with Crippen molar-refractivity contribution in [2.75, 3.05) is 26.8 Å². The van der Waals surface area contributed by atoms with Crippen LogP contribution in [0.15, 0.2) is 48.5 Å². The van der Waals surface area contributed by atoms with Crippen LogP contribution in [0.3, 0.4) is 0 Å². The lowest BCUT2D eigenvalue weighted by molar-refractivity contribution is -0.133. The molecule has 3 rings (SSSR count). The van der Waals surface area contributed by atoms with Gasteiger partial charge < -0.3 is 14.7 Å². The minimum Gasteiger partial charge on any atom is -0.458 e. The van der Waals surface area contributed by atoms with E-state index in [9.17, 15) is 9.59 Å². The standard InChI is InChI=1S/C23H25NO4.C2H6/c1-3-16-12-18(15-20(14-16)22(26)24(2)9-10-25)13-17-4-6-19(7-5-17)21-8-11-28-23(21)27;1-2/h4-8,12,14-15,25H,3,9-11,13H2,1-2H3;1-2H3. The topological polar surface area (TPSA) is 66.8 Å². The molecule has 0 saturated heterocycles. The van der Waals surface area contributed by atoms with Gasteiger partial charge in [0.15, 0.2) is 0 Å². The van der Waals surface area contributed by atoms with Gasteiger partial charge >= 0.3 is 5.97 Å². The quantitative estimate of drug-likeness (QED) is 0.705. The summed E-state index contributed by atoms with van der Waals surface area (Å²) in [5.41, 5.74) is 5.38. The summed E-state index contributed by atoms with van der Waals surface area (Å²) in [5, 5.41) is 9.07. The van der Waals surface area contributed by atoms with Gasteiger partial charge in [-0.3, -0.25) is 4.79 Å². The number of likely N-dealkylation sites (N-methyl/N-ethyl adjacent to an activating group) is 1. The monoisotopic (exact) mass is 409 g/mol. The lowest BCUT2D eigenvalue weighted by Gasteiger charge is -2.17. The third-order valence-corrected chi connectivity index (χ3v) is 4.88. The highest BCUT2D eigenvalue weighted by Gasteiger charge is 2.18. The fourth-order valence-electron chi connectivity index (χ4n) is 3.30. The number of benzene rings is 2. The molecule has 5 heteroatoms. The van der Waals surface area contributed by atoms with Crippen LogP contribution in [-0.2, 0) is 22.4 Å². The van der Waals surface area contributed by atoms with E-state index in [0.717, 1.165) is 28.7 Å². The van der Waals surface area contributed by atoms with Crippen molar-refractivity contribution in [1.29, 1.82) is 0 Å². The van der Waals surface area contributed by atoms with Crippen molar-refractivity contribution in [2.45, 2.75) is 33.6 Å². The summed E-state index contributed by atoms with van der Waals surface area (Å²) in [6.45, 7) is 6.65. The Labute approximate surface area is 179 Å². The summed E-state index contributed by atoms with van der Waals surface area (Å²) in [4.78, 5) is 25.8. The molecule has 30 heavy (non-hydrogen) atoms. The molecule has 0 radical (unpaired) electrons. The van der Waals surface area contributed by atoms with Crippen molar-refractivity contribution in [3.05, 3.63) is 76.4 Å². The van der Waals surface area contributed by atoms with E-state index in [0.29, 0.717) is 30.7 Å². The average molecular weight is 410 g/mol. The van der Waals surface area contributed by atoms with E-state index < -0.39 is 0 Å². The normalized spacial score (nSPS) is 12.6. The second-order valence-corrected chi connectivity index (χ2v) is 6.93. The Morgan fingerprint density at radius 3 is 2.30 bits per heavy atom. The summed E-state index contributed by atoms with van der Waals surface area (Å²) < 4.78 is 4.96.